The number of aliphatic hydroxyl groups excluding tert-OH is 1. The van der Waals surface area contributed by atoms with E-state index in [0.29, 0.717) is 29.8 Å². The average molecular weight is 348 g/mol. The highest BCUT2D eigenvalue weighted by Crippen LogP contribution is 2.43. The van der Waals surface area contributed by atoms with Crippen LogP contribution in [0.4, 0.5) is 0 Å². The monoisotopic (exact) mass is 348 g/mol. The largest absolute Gasteiger partial charge is 0.495 e. The zero-order valence-electron chi connectivity index (χ0n) is 14.3. The Kier molecular flexibility index (Phi) is 4.30. The molecular formula is C18H20O7. The Labute approximate surface area is 143 Å². The van der Waals surface area contributed by atoms with Crippen LogP contribution in [-0.2, 0) is 24.2 Å². The number of aliphatic hydroxyl groups is 2. The molecule has 0 spiro atoms. The first-order chi connectivity index (χ1) is 11.8. The molecule has 0 bridgehead atoms. The number of carbonyl (C=O) groups excluding carboxylic acids is 1. The molecule has 2 aromatic rings. The number of rotatable bonds is 5. The lowest BCUT2D eigenvalue weighted by molar-refractivity contribution is -0.107. The minimum Gasteiger partial charge on any atom is -0.495 e. The van der Waals surface area contributed by atoms with Crippen LogP contribution in [0, 0.1) is 0 Å². The molecule has 1 atom stereocenters. The molecule has 7 nitrogen and oxygen atoms in total. The van der Waals surface area contributed by atoms with Gasteiger partial charge < -0.3 is 28.9 Å². The molecule has 0 amide bonds. The second kappa shape index (κ2) is 6.16. The van der Waals surface area contributed by atoms with Gasteiger partial charge >= 0.3 is 0 Å². The second-order valence-electron chi connectivity index (χ2n) is 6.59. The molecular weight excluding hydrogens is 328 g/mol. The van der Waals surface area contributed by atoms with Gasteiger partial charge in [-0.05, 0) is 13.8 Å². The summed E-state index contributed by atoms with van der Waals surface area (Å²) in [6.45, 7) is 2.79. The number of methoxy groups -OCH3 is 1. The number of hydrogen-bond acceptors (Lipinski definition) is 7. The quantitative estimate of drug-likeness (QED) is 0.780. The van der Waals surface area contributed by atoms with Crippen LogP contribution in [0.2, 0.25) is 0 Å². The first-order valence-electron chi connectivity index (χ1n) is 7.93. The molecule has 1 aliphatic heterocycles. The summed E-state index contributed by atoms with van der Waals surface area (Å²) < 4.78 is 16.9. The molecule has 1 aliphatic rings. The van der Waals surface area contributed by atoms with Gasteiger partial charge in [-0.15, -0.1) is 0 Å². The zero-order chi connectivity index (χ0) is 18.4. The number of hydrogen-bond donors (Lipinski definition) is 2. The standard InChI is InChI=1S/C18H20O7/c1-18(2,22)14-6-10-11(25-14)7-12-15(17(10)23-3)16(21)9(4-5-19)13(8-20)24-12/h5,7,14,20,22H,4,6,8H2,1-3H3/t14-/m0/s1. The average Bonchev–Trinajstić information content (AvgIpc) is 2.99. The van der Waals surface area contributed by atoms with Gasteiger partial charge in [0.1, 0.15) is 47.2 Å². The molecule has 0 unspecified atom stereocenters. The van der Waals surface area contributed by atoms with Gasteiger partial charge in [0, 0.05) is 30.0 Å². The summed E-state index contributed by atoms with van der Waals surface area (Å²) >= 11 is 0. The predicted octanol–water partition coefficient (Wildman–Crippen LogP) is 1.11. The fourth-order valence-corrected chi connectivity index (χ4v) is 3.14. The Morgan fingerprint density at radius 3 is 2.72 bits per heavy atom. The number of carbonyl (C=O) groups is 1. The lowest BCUT2D eigenvalue weighted by Gasteiger charge is -2.24. The van der Waals surface area contributed by atoms with E-state index in [1.165, 1.54) is 7.11 Å². The summed E-state index contributed by atoms with van der Waals surface area (Å²) in [5.74, 6) is 0.819. The van der Waals surface area contributed by atoms with E-state index in [0.717, 1.165) is 0 Å². The van der Waals surface area contributed by atoms with Gasteiger partial charge in [0.25, 0.3) is 0 Å². The van der Waals surface area contributed by atoms with Crippen LogP contribution in [-0.4, -0.2) is 35.3 Å². The maximum Gasteiger partial charge on any atom is 0.200 e. The summed E-state index contributed by atoms with van der Waals surface area (Å²) in [7, 11) is 1.44. The van der Waals surface area contributed by atoms with Crippen LogP contribution in [0.5, 0.6) is 11.5 Å². The highest BCUT2D eigenvalue weighted by atomic mass is 16.5. The highest BCUT2D eigenvalue weighted by molar-refractivity contribution is 5.88. The Balaban J connectivity index is 2.30. The van der Waals surface area contributed by atoms with Crippen molar-refractivity contribution in [1.29, 1.82) is 0 Å². The molecule has 0 aliphatic carbocycles. The summed E-state index contributed by atoms with van der Waals surface area (Å²) in [6, 6.07) is 1.56. The molecule has 1 aromatic heterocycles. The van der Waals surface area contributed by atoms with E-state index in [2.05, 4.69) is 0 Å². The second-order valence-corrected chi connectivity index (χ2v) is 6.59. The summed E-state index contributed by atoms with van der Waals surface area (Å²) in [4.78, 5) is 23.7. The van der Waals surface area contributed by atoms with Crippen LogP contribution >= 0.6 is 0 Å². The van der Waals surface area contributed by atoms with Crippen molar-refractivity contribution >= 4 is 17.3 Å². The molecule has 25 heavy (non-hydrogen) atoms. The smallest absolute Gasteiger partial charge is 0.200 e. The highest BCUT2D eigenvalue weighted by Gasteiger charge is 2.38. The van der Waals surface area contributed by atoms with Gasteiger partial charge in [0.2, 0.25) is 0 Å². The van der Waals surface area contributed by atoms with Crippen LogP contribution in [0.15, 0.2) is 15.3 Å². The maximum absolute atomic E-state index is 12.9. The first-order valence-corrected chi connectivity index (χ1v) is 7.93. The van der Waals surface area contributed by atoms with E-state index in [9.17, 15) is 19.8 Å². The number of ether oxygens (including phenoxy) is 2. The van der Waals surface area contributed by atoms with Gasteiger partial charge in [-0.1, -0.05) is 0 Å². The van der Waals surface area contributed by atoms with Crippen LogP contribution < -0.4 is 14.9 Å². The Morgan fingerprint density at radius 1 is 1.44 bits per heavy atom. The maximum atomic E-state index is 12.9. The predicted molar refractivity (Wildman–Crippen MR) is 89.1 cm³/mol. The third-order valence-corrected chi connectivity index (χ3v) is 4.46. The third-order valence-electron chi connectivity index (χ3n) is 4.46. The van der Waals surface area contributed by atoms with Crippen molar-refractivity contribution in [3.63, 3.8) is 0 Å². The fraction of sp³-hybridized carbons (Fsp3) is 0.444. The summed E-state index contributed by atoms with van der Waals surface area (Å²) in [6.07, 6.45) is 0.319. The molecule has 0 fully saturated rings. The van der Waals surface area contributed by atoms with Crippen molar-refractivity contribution in [2.75, 3.05) is 7.11 Å². The number of aldehydes is 1. The van der Waals surface area contributed by atoms with Crippen LogP contribution in [0.1, 0.15) is 30.7 Å². The Hall–Kier alpha value is -2.38. The van der Waals surface area contributed by atoms with E-state index in [-0.39, 0.29) is 28.7 Å². The van der Waals surface area contributed by atoms with Crippen molar-refractivity contribution in [3.8, 4) is 11.5 Å². The summed E-state index contributed by atoms with van der Waals surface area (Å²) in [5.41, 5.74) is -0.504. The lowest BCUT2D eigenvalue weighted by Crippen LogP contribution is -2.39. The number of benzene rings is 1. The summed E-state index contributed by atoms with van der Waals surface area (Å²) in [5, 5.41) is 19.9. The normalized spacial score (nSPS) is 16.6. The van der Waals surface area contributed by atoms with Gasteiger partial charge in [-0.2, -0.15) is 0 Å². The third kappa shape index (κ3) is 2.79. The van der Waals surface area contributed by atoms with Crippen LogP contribution in [0.3, 0.4) is 0 Å². The van der Waals surface area contributed by atoms with Crippen LogP contribution in [0.25, 0.3) is 11.0 Å². The fourth-order valence-electron chi connectivity index (χ4n) is 3.14. The van der Waals surface area contributed by atoms with Gasteiger partial charge in [-0.3, -0.25) is 4.79 Å². The van der Waals surface area contributed by atoms with Crippen molar-refractivity contribution in [2.45, 2.75) is 45.0 Å². The van der Waals surface area contributed by atoms with E-state index in [1.807, 2.05) is 0 Å². The van der Waals surface area contributed by atoms with E-state index in [1.54, 1.807) is 19.9 Å². The molecule has 2 heterocycles. The molecule has 134 valence electrons. The van der Waals surface area contributed by atoms with Gasteiger partial charge in [0.15, 0.2) is 5.43 Å². The SMILES string of the molecule is COc1c2c(cc3oc(CO)c(CC=O)c(=O)c13)O[C@H](C(C)(C)O)C2. The van der Waals surface area contributed by atoms with E-state index < -0.39 is 23.7 Å². The Bertz CT molecular complexity index is 889. The van der Waals surface area contributed by atoms with Crippen molar-refractivity contribution in [1.82, 2.24) is 0 Å². The molecule has 0 radical (unpaired) electrons. The number of fused-ring (bicyclic) bond motifs is 2. The topological polar surface area (TPSA) is 106 Å². The lowest BCUT2D eigenvalue weighted by atomic mass is 9.95. The molecule has 3 rings (SSSR count). The van der Waals surface area contributed by atoms with Gasteiger partial charge in [0.05, 0.1) is 12.7 Å². The van der Waals surface area contributed by atoms with Gasteiger partial charge in [-0.25, -0.2) is 0 Å². The first kappa shape index (κ1) is 17.4. The van der Waals surface area contributed by atoms with Crippen molar-refractivity contribution < 1.29 is 28.9 Å². The molecule has 0 saturated heterocycles. The molecule has 2 N–H and O–H groups in total. The zero-order valence-corrected chi connectivity index (χ0v) is 14.3. The minimum absolute atomic E-state index is 0.0450. The molecule has 7 heteroatoms. The molecule has 0 saturated carbocycles. The molecule has 1 aromatic carbocycles. The Morgan fingerprint density at radius 2 is 2.16 bits per heavy atom. The van der Waals surface area contributed by atoms with E-state index in [4.69, 9.17) is 13.9 Å². The minimum atomic E-state index is -1.08. The van der Waals surface area contributed by atoms with Crippen molar-refractivity contribution in [3.05, 3.63) is 33.2 Å². The van der Waals surface area contributed by atoms with Crippen molar-refractivity contribution in [2.24, 2.45) is 0 Å². The van der Waals surface area contributed by atoms with E-state index >= 15 is 0 Å².